The molecule has 9 heteroatoms. The van der Waals surface area contributed by atoms with E-state index >= 15 is 0 Å². The first-order valence-corrected chi connectivity index (χ1v) is 10.9. The maximum Gasteiger partial charge on any atom is 0.416 e. The van der Waals surface area contributed by atoms with Crippen molar-refractivity contribution in [2.24, 2.45) is 0 Å². The second-order valence-electron chi connectivity index (χ2n) is 8.36. The molecule has 160 valence electrons. The average molecular weight is 423 g/mol. The molecule has 1 saturated carbocycles. The van der Waals surface area contributed by atoms with Gasteiger partial charge >= 0.3 is 6.18 Å². The molecular weight excluding hydrogens is 393 g/mol. The van der Waals surface area contributed by atoms with Crippen molar-refractivity contribution in [2.45, 2.75) is 80.6 Å². The number of hydrogen-bond acceptors (Lipinski definition) is 5. The molecule has 0 aliphatic heterocycles. The van der Waals surface area contributed by atoms with E-state index in [1.54, 1.807) is 0 Å². The van der Waals surface area contributed by atoms with Gasteiger partial charge in [0, 0.05) is 18.1 Å². The first kappa shape index (κ1) is 23.1. The summed E-state index contributed by atoms with van der Waals surface area (Å²) in [6, 6.07) is 4.02. The van der Waals surface area contributed by atoms with Crippen LogP contribution >= 0.6 is 0 Å². The van der Waals surface area contributed by atoms with Crippen LogP contribution in [-0.2, 0) is 16.0 Å². The van der Waals surface area contributed by atoms with Crippen molar-refractivity contribution < 1.29 is 26.7 Å². The smallest absolute Gasteiger partial charge is 0.377 e. The van der Waals surface area contributed by atoms with Crippen LogP contribution in [0.2, 0.25) is 0 Å². The van der Waals surface area contributed by atoms with Crippen LogP contribution in [0.15, 0.2) is 29.2 Å². The monoisotopic (exact) mass is 422 g/mol. The van der Waals surface area contributed by atoms with Crippen LogP contribution in [0.5, 0.6) is 0 Å². The molecule has 1 fully saturated rings. The van der Waals surface area contributed by atoms with Crippen molar-refractivity contribution in [1.29, 1.82) is 0 Å². The van der Waals surface area contributed by atoms with Crippen molar-refractivity contribution in [3.8, 4) is 0 Å². The van der Waals surface area contributed by atoms with E-state index in [9.17, 15) is 26.7 Å². The Bertz CT molecular complexity index is 752. The molecule has 3 N–H and O–H groups in total. The molecule has 0 radical (unpaired) electrons. The van der Waals surface area contributed by atoms with E-state index in [-0.39, 0.29) is 16.5 Å². The molecule has 0 bridgehead atoms. The molecule has 1 unspecified atom stereocenters. The van der Waals surface area contributed by atoms with Crippen LogP contribution < -0.4 is 10.6 Å². The quantitative estimate of drug-likeness (QED) is 0.614. The molecule has 0 heterocycles. The fourth-order valence-electron chi connectivity index (χ4n) is 3.45. The van der Waals surface area contributed by atoms with Gasteiger partial charge in [0.15, 0.2) is 9.84 Å². The minimum Gasteiger partial charge on any atom is -0.377 e. The largest absolute Gasteiger partial charge is 0.416 e. The summed E-state index contributed by atoms with van der Waals surface area (Å²) < 4.78 is 64.1. The van der Waals surface area contributed by atoms with Gasteiger partial charge < -0.3 is 10.4 Å². The Hall–Kier alpha value is -1.16. The van der Waals surface area contributed by atoms with Crippen LogP contribution in [0.25, 0.3) is 0 Å². The molecule has 0 aromatic heterocycles. The van der Waals surface area contributed by atoms with Crippen molar-refractivity contribution in [2.75, 3.05) is 6.54 Å². The van der Waals surface area contributed by atoms with Crippen LogP contribution in [-0.4, -0.2) is 43.1 Å². The zero-order chi connectivity index (χ0) is 21.2. The van der Waals surface area contributed by atoms with E-state index in [2.05, 4.69) is 10.6 Å². The highest BCUT2D eigenvalue weighted by atomic mass is 32.2. The Morgan fingerprint density at radius 1 is 1.14 bits per heavy atom. The average Bonchev–Trinajstić information content (AvgIpc) is 2.58. The second-order valence-corrected chi connectivity index (χ2v) is 10.6. The van der Waals surface area contributed by atoms with Crippen LogP contribution in [0.4, 0.5) is 13.2 Å². The van der Waals surface area contributed by atoms with Crippen LogP contribution in [0.1, 0.15) is 52.0 Å². The Morgan fingerprint density at radius 2 is 1.75 bits per heavy atom. The molecule has 1 aromatic carbocycles. The standard InChI is InChI=1S/C19H29F3N2O3S/c1-18(2,3)24-17(25)12-23-14-7-9-15(10-8-14)28(26,27)16-6-4-5-13(11-16)19(20,21)22/h4-6,11,14-15,17,23-25H,7-10,12H2,1-3H3. The number of halogens is 3. The van der Waals surface area contributed by atoms with E-state index < -0.39 is 33.1 Å². The Morgan fingerprint density at radius 3 is 2.29 bits per heavy atom. The van der Waals surface area contributed by atoms with E-state index in [0.717, 1.165) is 12.1 Å². The predicted molar refractivity (Wildman–Crippen MR) is 102 cm³/mol. The van der Waals surface area contributed by atoms with Gasteiger partial charge in [0.1, 0.15) is 6.23 Å². The lowest BCUT2D eigenvalue weighted by Gasteiger charge is -2.31. The lowest BCUT2D eigenvalue weighted by Crippen LogP contribution is -2.50. The minimum atomic E-state index is -4.57. The third-order valence-corrected chi connectivity index (χ3v) is 7.06. The van der Waals surface area contributed by atoms with Gasteiger partial charge in [-0.15, -0.1) is 0 Å². The summed E-state index contributed by atoms with van der Waals surface area (Å²) in [4.78, 5) is -0.275. The normalized spacial score (nSPS) is 22.8. The highest BCUT2D eigenvalue weighted by Crippen LogP contribution is 2.33. The number of benzene rings is 1. The first-order chi connectivity index (χ1) is 12.8. The number of nitrogens with one attached hydrogen (secondary N) is 2. The van der Waals surface area contributed by atoms with E-state index in [0.29, 0.717) is 38.3 Å². The van der Waals surface area contributed by atoms with E-state index in [4.69, 9.17) is 0 Å². The third-order valence-electron chi connectivity index (χ3n) is 4.80. The number of sulfone groups is 1. The third kappa shape index (κ3) is 6.43. The highest BCUT2D eigenvalue weighted by Gasteiger charge is 2.35. The van der Waals surface area contributed by atoms with Crippen LogP contribution in [0, 0.1) is 0 Å². The minimum absolute atomic E-state index is 0.0735. The predicted octanol–water partition coefficient (Wildman–Crippen LogP) is 3.09. The number of hydrogen-bond donors (Lipinski definition) is 3. The Kier molecular flexibility index (Phi) is 7.17. The van der Waals surface area contributed by atoms with E-state index in [1.807, 2.05) is 20.8 Å². The summed E-state index contributed by atoms with van der Waals surface area (Å²) >= 11 is 0. The summed E-state index contributed by atoms with van der Waals surface area (Å²) in [7, 11) is -3.81. The molecule has 1 aromatic rings. The molecule has 1 aliphatic carbocycles. The second kappa shape index (κ2) is 8.69. The summed E-state index contributed by atoms with van der Waals surface area (Å²) in [5.41, 5.74) is -1.18. The highest BCUT2D eigenvalue weighted by molar-refractivity contribution is 7.92. The fraction of sp³-hybridized carbons (Fsp3) is 0.684. The van der Waals surface area contributed by atoms with Gasteiger partial charge in [-0.05, 0) is 64.7 Å². The Balaban J connectivity index is 1.93. The number of aliphatic hydroxyl groups excluding tert-OH is 1. The summed E-state index contributed by atoms with van der Waals surface area (Å²) in [6.07, 6.45) is -3.37. The molecule has 2 rings (SSSR count). The van der Waals surface area contributed by atoms with Crippen molar-refractivity contribution in [1.82, 2.24) is 10.6 Å². The fourth-order valence-corrected chi connectivity index (χ4v) is 5.29. The Labute approximate surface area is 164 Å². The molecule has 5 nitrogen and oxygen atoms in total. The van der Waals surface area contributed by atoms with Gasteiger partial charge in [0.05, 0.1) is 15.7 Å². The van der Waals surface area contributed by atoms with Gasteiger partial charge in [-0.25, -0.2) is 8.42 Å². The maximum absolute atomic E-state index is 12.9. The molecule has 1 aliphatic rings. The molecule has 0 saturated heterocycles. The van der Waals surface area contributed by atoms with Crippen molar-refractivity contribution in [3.63, 3.8) is 0 Å². The van der Waals surface area contributed by atoms with Gasteiger partial charge in [-0.2, -0.15) is 13.2 Å². The number of alkyl halides is 3. The lowest BCUT2D eigenvalue weighted by molar-refractivity contribution is -0.137. The number of rotatable bonds is 6. The summed E-state index contributed by atoms with van der Waals surface area (Å²) in [5.74, 6) is 0. The van der Waals surface area contributed by atoms with Gasteiger partial charge in [-0.3, -0.25) is 5.32 Å². The zero-order valence-electron chi connectivity index (χ0n) is 16.4. The SMILES string of the molecule is CC(C)(C)NC(O)CNC1CCC(S(=O)(=O)c2cccc(C(F)(F)F)c2)CC1. The topological polar surface area (TPSA) is 78.4 Å². The van der Waals surface area contributed by atoms with Gasteiger partial charge in [0.2, 0.25) is 0 Å². The van der Waals surface area contributed by atoms with Crippen molar-refractivity contribution in [3.05, 3.63) is 29.8 Å². The number of aliphatic hydroxyl groups is 1. The molecular formula is C19H29F3N2O3S. The molecule has 0 amide bonds. The lowest BCUT2D eigenvalue weighted by atomic mass is 9.95. The summed E-state index contributed by atoms with van der Waals surface area (Å²) in [5, 5.41) is 15.6. The van der Waals surface area contributed by atoms with E-state index in [1.165, 1.54) is 6.07 Å². The summed E-state index contributed by atoms with van der Waals surface area (Å²) in [6.45, 7) is 6.17. The maximum atomic E-state index is 12.9. The molecule has 28 heavy (non-hydrogen) atoms. The van der Waals surface area contributed by atoms with Gasteiger partial charge in [-0.1, -0.05) is 6.07 Å². The zero-order valence-corrected chi connectivity index (χ0v) is 17.2. The van der Waals surface area contributed by atoms with Crippen molar-refractivity contribution >= 4 is 9.84 Å². The first-order valence-electron chi connectivity index (χ1n) is 9.39. The van der Waals surface area contributed by atoms with Crippen LogP contribution in [0.3, 0.4) is 0 Å². The van der Waals surface area contributed by atoms with Gasteiger partial charge in [0.25, 0.3) is 0 Å². The molecule has 1 atom stereocenters. The molecule has 0 spiro atoms.